The molecule has 2 heterocycles. The van der Waals surface area contributed by atoms with Crippen molar-refractivity contribution in [1.82, 2.24) is 9.78 Å². The van der Waals surface area contributed by atoms with Crippen molar-refractivity contribution in [3.8, 4) is 16.6 Å². The molecule has 0 aliphatic rings. The first-order valence-electron chi connectivity index (χ1n) is 6.57. The molecule has 1 amide bonds. The molecule has 6 heteroatoms. The van der Waals surface area contributed by atoms with E-state index in [-0.39, 0.29) is 5.91 Å². The summed E-state index contributed by atoms with van der Waals surface area (Å²) in [5.74, 6) is -0.298. The van der Waals surface area contributed by atoms with Crippen molar-refractivity contribution in [2.45, 2.75) is 0 Å². The molecule has 0 aliphatic heterocycles. The van der Waals surface area contributed by atoms with E-state index in [4.69, 9.17) is 5.26 Å². The summed E-state index contributed by atoms with van der Waals surface area (Å²) in [5, 5.41) is 17.9. The fourth-order valence-electron chi connectivity index (χ4n) is 2.09. The van der Waals surface area contributed by atoms with Crippen LogP contribution in [0.25, 0.3) is 10.6 Å². The van der Waals surface area contributed by atoms with Crippen LogP contribution >= 0.6 is 11.3 Å². The van der Waals surface area contributed by atoms with Gasteiger partial charge in [-0.05, 0) is 35.7 Å². The van der Waals surface area contributed by atoms with E-state index >= 15 is 0 Å². The Labute approximate surface area is 131 Å². The Balaban J connectivity index is 1.84. The van der Waals surface area contributed by atoms with Gasteiger partial charge in [0.25, 0.3) is 5.91 Å². The molecule has 108 valence electrons. The molecule has 0 fully saturated rings. The van der Waals surface area contributed by atoms with Crippen molar-refractivity contribution in [3.63, 3.8) is 0 Å². The molecule has 0 unspecified atom stereocenters. The van der Waals surface area contributed by atoms with Gasteiger partial charge in [0.1, 0.15) is 0 Å². The number of nitriles is 1. The van der Waals surface area contributed by atoms with Gasteiger partial charge in [0, 0.05) is 12.7 Å². The van der Waals surface area contributed by atoms with E-state index in [1.165, 1.54) is 0 Å². The lowest BCUT2D eigenvalue weighted by Gasteiger charge is -2.02. The van der Waals surface area contributed by atoms with E-state index in [9.17, 15) is 4.79 Å². The van der Waals surface area contributed by atoms with E-state index in [0.717, 1.165) is 10.6 Å². The molecule has 0 bridgehead atoms. The molecule has 22 heavy (non-hydrogen) atoms. The summed E-state index contributed by atoms with van der Waals surface area (Å²) in [7, 11) is 1.81. The molecule has 0 radical (unpaired) electrons. The second-order valence-corrected chi connectivity index (χ2v) is 5.61. The monoisotopic (exact) mass is 308 g/mol. The SMILES string of the molecule is Cn1nc(C(=O)Nc2cccc(C#N)c2)cc1-c1cccs1. The highest BCUT2D eigenvalue weighted by Crippen LogP contribution is 2.25. The van der Waals surface area contributed by atoms with Crippen LogP contribution < -0.4 is 5.32 Å². The number of hydrogen-bond donors (Lipinski definition) is 1. The predicted octanol–water partition coefficient (Wildman–Crippen LogP) is 3.27. The number of benzene rings is 1. The van der Waals surface area contributed by atoms with Gasteiger partial charge in [0.05, 0.1) is 22.2 Å². The summed E-state index contributed by atoms with van der Waals surface area (Å²) < 4.78 is 1.69. The average Bonchev–Trinajstić information content (AvgIpc) is 3.16. The number of rotatable bonds is 3. The first-order valence-corrected chi connectivity index (χ1v) is 7.45. The smallest absolute Gasteiger partial charge is 0.276 e. The third-order valence-electron chi connectivity index (χ3n) is 3.14. The van der Waals surface area contributed by atoms with Gasteiger partial charge in [0.15, 0.2) is 5.69 Å². The zero-order chi connectivity index (χ0) is 15.5. The van der Waals surface area contributed by atoms with E-state index in [0.29, 0.717) is 16.9 Å². The largest absolute Gasteiger partial charge is 0.321 e. The third-order valence-corrected chi connectivity index (χ3v) is 4.03. The van der Waals surface area contributed by atoms with Crippen molar-refractivity contribution < 1.29 is 4.79 Å². The zero-order valence-electron chi connectivity index (χ0n) is 11.8. The highest BCUT2D eigenvalue weighted by atomic mass is 32.1. The van der Waals surface area contributed by atoms with E-state index in [1.54, 1.807) is 46.4 Å². The van der Waals surface area contributed by atoms with Crippen LogP contribution in [0.3, 0.4) is 0 Å². The van der Waals surface area contributed by atoms with Gasteiger partial charge in [-0.25, -0.2) is 0 Å². The van der Waals surface area contributed by atoms with Gasteiger partial charge in [0.2, 0.25) is 0 Å². The molecular weight excluding hydrogens is 296 g/mol. The standard InChI is InChI=1S/C16H12N4OS/c1-20-14(15-6-3-7-22-15)9-13(19-20)16(21)18-12-5-2-4-11(8-12)10-17/h2-9H,1H3,(H,18,21). The van der Waals surface area contributed by atoms with Gasteiger partial charge in [-0.2, -0.15) is 10.4 Å². The number of carbonyl (C=O) groups is 1. The van der Waals surface area contributed by atoms with Crippen LogP contribution in [0.15, 0.2) is 47.8 Å². The third kappa shape index (κ3) is 2.75. The van der Waals surface area contributed by atoms with Gasteiger partial charge in [-0.1, -0.05) is 12.1 Å². The molecule has 2 aromatic heterocycles. The van der Waals surface area contributed by atoms with Crippen LogP contribution in [-0.2, 0) is 7.05 Å². The Kier molecular flexibility index (Phi) is 3.73. The average molecular weight is 308 g/mol. The molecule has 1 N–H and O–H groups in total. The molecule has 1 aromatic carbocycles. The Morgan fingerprint density at radius 2 is 2.18 bits per heavy atom. The van der Waals surface area contributed by atoms with Crippen molar-refractivity contribution >= 4 is 22.9 Å². The van der Waals surface area contributed by atoms with Crippen LogP contribution in [0.2, 0.25) is 0 Å². The van der Waals surface area contributed by atoms with Crippen molar-refractivity contribution in [2.75, 3.05) is 5.32 Å². The Morgan fingerprint density at radius 3 is 2.91 bits per heavy atom. The quantitative estimate of drug-likeness (QED) is 0.807. The number of aromatic nitrogens is 2. The van der Waals surface area contributed by atoms with Crippen molar-refractivity contribution in [2.24, 2.45) is 7.05 Å². The highest BCUT2D eigenvalue weighted by molar-refractivity contribution is 7.13. The molecule has 5 nitrogen and oxygen atoms in total. The van der Waals surface area contributed by atoms with Crippen molar-refractivity contribution in [1.29, 1.82) is 5.26 Å². The van der Waals surface area contributed by atoms with Gasteiger partial charge >= 0.3 is 0 Å². The number of carbonyl (C=O) groups excluding carboxylic acids is 1. The number of nitrogens with one attached hydrogen (secondary N) is 1. The maximum absolute atomic E-state index is 12.3. The minimum absolute atomic E-state index is 0.298. The second kappa shape index (κ2) is 5.84. The maximum atomic E-state index is 12.3. The minimum Gasteiger partial charge on any atom is -0.321 e. The maximum Gasteiger partial charge on any atom is 0.276 e. The van der Waals surface area contributed by atoms with Crippen LogP contribution in [0.4, 0.5) is 5.69 Å². The van der Waals surface area contributed by atoms with Crippen LogP contribution in [0.5, 0.6) is 0 Å². The first kappa shape index (κ1) is 14.0. The number of hydrogen-bond acceptors (Lipinski definition) is 4. The lowest BCUT2D eigenvalue weighted by Crippen LogP contribution is -2.13. The first-order chi connectivity index (χ1) is 10.7. The van der Waals surface area contributed by atoms with E-state index in [2.05, 4.69) is 10.4 Å². The predicted molar refractivity (Wildman–Crippen MR) is 85.6 cm³/mol. The topological polar surface area (TPSA) is 70.7 Å². The summed E-state index contributed by atoms with van der Waals surface area (Å²) in [5.41, 5.74) is 2.31. The lowest BCUT2D eigenvalue weighted by molar-refractivity contribution is 0.102. The Bertz CT molecular complexity index is 859. The molecule has 3 rings (SSSR count). The number of nitrogens with zero attached hydrogens (tertiary/aromatic N) is 3. The minimum atomic E-state index is -0.298. The number of thiophene rings is 1. The van der Waals surface area contributed by atoms with Crippen LogP contribution in [-0.4, -0.2) is 15.7 Å². The molecule has 0 saturated heterocycles. The highest BCUT2D eigenvalue weighted by Gasteiger charge is 2.14. The Morgan fingerprint density at radius 1 is 1.32 bits per heavy atom. The summed E-state index contributed by atoms with van der Waals surface area (Å²) in [6.07, 6.45) is 0. The lowest BCUT2D eigenvalue weighted by atomic mass is 10.2. The van der Waals surface area contributed by atoms with Gasteiger partial charge < -0.3 is 5.32 Å². The molecule has 0 atom stereocenters. The summed E-state index contributed by atoms with van der Waals surface area (Å²) in [6, 6.07) is 14.5. The molecule has 0 spiro atoms. The van der Waals surface area contributed by atoms with Crippen molar-refractivity contribution in [3.05, 3.63) is 59.1 Å². The Hall–Kier alpha value is -2.91. The summed E-state index contributed by atoms with van der Waals surface area (Å²) in [6.45, 7) is 0. The van der Waals surface area contributed by atoms with Crippen LogP contribution in [0, 0.1) is 11.3 Å². The molecule has 0 saturated carbocycles. The normalized spacial score (nSPS) is 10.2. The van der Waals surface area contributed by atoms with Gasteiger partial charge in [-0.3, -0.25) is 9.48 Å². The number of amides is 1. The molecule has 0 aliphatic carbocycles. The molecule has 3 aromatic rings. The second-order valence-electron chi connectivity index (χ2n) is 4.66. The fraction of sp³-hybridized carbons (Fsp3) is 0.0625. The van der Waals surface area contributed by atoms with Gasteiger partial charge in [-0.15, -0.1) is 11.3 Å². The number of anilines is 1. The molecular formula is C16H12N4OS. The fourth-order valence-corrected chi connectivity index (χ4v) is 2.87. The number of aryl methyl sites for hydroxylation is 1. The van der Waals surface area contributed by atoms with E-state index in [1.807, 2.05) is 30.6 Å². The van der Waals surface area contributed by atoms with Crippen LogP contribution in [0.1, 0.15) is 16.1 Å². The summed E-state index contributed by atoms with van der Waals surface area (Å²) in [4.78, 5) is 13.3. The summed E-state index contributed by atoms with van der Waals surface area (Å²) >= 11 is 1.60. The van der Waals surface area contributed by atoms with E-state index < -0.39 is 0 Å². The zero-order valence-corrected chi connectivity index (χ0v) is 12.6.